The highest BCUT2D eigenvalue weighted by atomic mass is 35.5. The molecule has 0 bridgehead atoms. The van der Waals surface area contributed by atoms with Gasteiger partial charge in [-0.1, -0.05) is 23.7 Å². The van der Waals surface area contributed by atoms with Gasteiger partial charge in [-0.2, -0.15) is 0 Å². The van der Waals surface area contributed by atoms with Gasteiger partial charge in [0, 0.05) is 12.1 Å². The lowest BCUT2D eigenvalue weighted by atomic mass is 10.2. The molecule has 9 heteroatoms. The van der Waals surface area contributed by atoms with Gasteiger partial charge in [0.2, 0.25) is 0 Å². The summed E-state index contributed by atoms with van der Waals surface area (Å²) in [6, 6.07) is 10.1. The minimum Gasteiger partial charge on any atom is -0.493 e. The fourth-order valence-electron chi connectivity index (χ4n) is 2.03. The van der Waals surface area contributed by atoms with Crippen molar-refractivity contribution in [3.63, 3.8) is 0 Å². The van der Waals surface area contributed by atoms with Gasteiger partial charge in [-0.15, -0.1) is 0 Å². The Morgan fingerprint density at radius 3 is 2.62 bits per heavy atom. The Bertz CT molecular complexity index is 840. The van der Waals surface area contributed by atoms with Crippen molar-refractivity contribution in [1.29, 1.82) is 0 Å². The molecule has 2 rings (SSSR count). The van der Waals surface area contributed by atoms with Crippen LogP contribution in [0.25, 0.3) is 0 Å². The van der Waals surface area contributed by atoms with E-state index < -0.39 is 23.4 Å². The Labute approximate surface area is 153 Å². The lowest BCUT2D eigenvalue weighted by Gasteiger charge is -2.10. The van der Waals surface area contributed by atoms with Crippen molar-refractivity contribution in [3.05, 3.63) is 63.2 Å². The number of nitrogens with one attached hydrogen (secondary N) is 1. The number of rotatable bonds is 7. The van der Waals surface area contributed by atoms with Crippen molar-refractivity contribution in [3.8, 4) is 5.75 Å². The van der Waals surface area contributed by atoms with Crippen LogP contribution in [0.1, 0.15) is 17.3 Å². The number of nitrogens with zero attached hydrogens (tertiary/aromatic N) is 1. The molecule has 0 aromatic heterocycles. The molecule has 136 valence electrons. The number of hydrogen-bond donors (Lipinski definition) is 1. The summed E-state index contributed by atoms with van der Waals surface area (Å²) in [5.41, 5.74) is 0.176. The highest BCUT2D eigenvalue weighted by molar-refractivity contribution is 6.34. The second kappa shape index (κ2) is 8.82. The number of anilines is 1. The summed E-state index contributed by atoms with van der Waals surface area (Å²) >= 11 is 5.89. The first-order chi connectivity index (χ1) is 12.4. The smallest absolute Gasteiger partial charge is 0.342 e. The van der Waals surface area contributed by atoms with Gasteiger partial charge in [0.1, 0.15) is 11.3 Å². The van der Waals surface area contributed by atoms with Gasteiger partial charge in [0.15, 0.2) is 6.61 Å². The van der Waals surface area contributed by atoms with E-state index in [-0.39, 0.29) is 22.0 Å². The average Bonchev–Trinajstić information content (AvgIpc) is 2.62. The zero-order valence-electron chi connectivity index (χ0n) is 13.7. The first-order valence-electron chi connectivity index (χ1n) is 7.55. The van der Waals surface area contributed by atoms with Crippen LogP contribution in [0.15, 0.2) is 42.5 Å². The summed E-state index contributed by atoms with van der Waals surface area (Å²) in [4.78, 5) is 34.1. The third-order valence-corrected chi connectivity index (χ3v) is 3.49. The molecule has 0 aliphatic heterocycles. The maximum Gasteiger partial charge on any atom is 0.342 e. The van der Waals surface area contributed by atoms with Gasteiger partial charge in [-0.3, -0.25) is 14.9 Å². The molecule has 0 fully saturated rings. The third kappa shape index (κ3) is 4.93. The molecule has 1 N–H and O–H groups in total. The molecule has 0 spiro atoms. The molecular weight excluding hydrogens is 364 g/mol. The van der Waals surface area contributed by atoms with Crippen molar-refractivity contribution in [2.75, 3.05) is 18.5 Å². The number of non-ortho nitro benzene ring substituents is 1. The summed E-state index contributed by atoms with van der Waals surface area (Å²) < 4.78 is 10.3. The fourth-order valence-corrected chi connectivity index (χ4v) is 2.25. The quantitative estimate of drug-likeness (QED) is 0.449. The van der Waals surface area contributed by atoms with Crippen LogP contribution in [-0.4, -0.2) is 30.0 Å². The number of nitro groups is 1. The Balaban J connectivity index is 1.97. The lowest BCUT2D eigenvalue weighted by molar-refractivity contribution is -0.384. The molecule has 8 nitrogen and oxygen atoms in total. The van der Waals surface area contributed by atoms with Crippen LogP contribution in [0.4, 0.5) is 11.4 Å². The van der Waals surface area contributed by atoms with Crippen molar-refractivity contribution in [2.24, 2.45) is 0 Å². The van der Waals surface area contributed by atoms with E-state index in [2.05, 4.69) is 5.32 Å². The second-order valence-electron chi connectivity index (χ2n) is 4.97. The van der Waals surface area contributed by atoms with Crippen molar-refractivity contribution in [1.82, 2.24) is 0 Å². The first kappa shape index (κ1) is 19.2. The van der Waals surface area contributed by atoms with E-state index in [9.17, 15) is 19.7 Å². The Morgan fingerprint density at radius 1 is 1.23 bits per heavy atom. The number of benzene rings is 2. The summed E-state index contributed by atoms with van der Waals surface area (Å²) in [5.74, 6) is -0.985. The third-order valence-electron chi connectivity index (χ3n) is 3.18. The predicted molar refractivity (Wildman–Crippen MR) is 94.6 cm³/mol. The number of carbonyl (C=O) groups excluding carboxylic acids is 2. The van der Waals surface area contributed by atoms with Gasteiger partial charge >= 0.3 is 5.97 Å². The highest BCUT2D eigenvalue weighted by Gasteiger charge is 2.16. The van der Waals surface area contributed by atoms with Gasteiger partial charge in [0.05, 0.1) is 22.2 Å². The molecule has 0 heterocycles. The molecule has 1 amide bonds. The molecule has 2 aromatic rings. The molecular formula is C17H15ClN2O6. The van der Waals surface area contributed by atoms with E-state index in [0.29, 0.717) is 12.4 Å². The van der Waals surface area contributed by atoms with Crippen LogP contribution in [0.2, 0.25) is 5.02 Å². The zero-order chi connectivity index (χ0) is 19.1. The van der Waals surface area contributed by atoms with E-state index in [1.807, 2.05) is 0 Å². The monoisotopic (exact) mass is 378 g/mol. The van der Waals surface area contributed by atoms with Crippen LogP contribution in [0.3, 0.4) is 0 Å². The SMILES string of the molecule is CCOc1ccccc1C(=O)OCC(=O)Nc1ccc([N+](=O)[O-])cc1Cl. The van der Waals surface area contributed by atoms with Crippen LogP contribution in [-0.2, 0) is 9.53 Å². The Hall–Kier alpha value is -3.13. The molecule has 0 radical (unpaired) electrons. The number of hydrogen-bond acceptors (Lipinski definition) is 6. The fraction of sp³-hybridized carbons (Fsp3) is 0.176. The lowest BCUT2D eigenvalue weighted by Crippen LogP contribution is -2.21. The number of carbonyl (C=O) groups is 2. The van der Waals surface area contributed by atoms with Crippen molar-refractivity contribution < 1.29 is 24.0 Å². The minimum absolute atomic E-state index is 0.000526. The van der Waals surface area contributed by atoms with E-state index in [1.165, 1.54) is 18.2 Å². The number of amides is 1. The molecule has 0 saturated carbocycles. The molecule has 0 unspecified atom stereocenters. The highest BCUT2D eigenvalue weighted by Crippen LogP contribution is 2.26. The number of para-hydroxylation sites is 1. The number of esters is 1. The van der Waals surface area contributed by atoms with Crippen molar-refractivity contribution in [2.45, 2.75) is 6.92 Å². The molecule has 0 aliphatic carbocycles. The normalized spacial score (nSPS) is 10.1. The molecule has 0 atom stereocenters. The summed E-state index contributed by atoms with van der Waals surface area (Å²) in [6.45, 7) is 1.61. The second-order valence-corrected chi connectivity index (χ2v) is 5.38. The van der Waals surface area contributed by atoms with E-state index in [4.69, 9.17) is 21.1 Å². The van der Waals surface area contributed by atoms with Crippen LogP contribution in [0.5, 0.6) is 5.75 Å². The summed E-state index contributed by atoms with van der Waals surface area (Å²) in [6.07, 6.45) is 0. The molecule has 0 saturated heterocycles. The number of ether oxygens (including phenoxy) is 2. The van der Waals surface area contributed by atoms with E-state index in [0.717, 1.165) is 6.07 Å². The predicted octanol–water partition coefficient (Wildman–Crippen LogP) is 3.44. The summed E-state index contributed by atoms with van der Waals surface area (Å²) in [7, 11) is 0. The maximum atomic E-state index is 12.1. The zero-order valence-corrected chi connectivity index (χ0v) is 14.5. The number of halogens is 1. The average molecular weight is 379 g/mol. The first-order valence-corrected chi connectivity index (χ1v) is 7.93. The minimum atomic E-state index is -0.709. The summed E-state index contributed by atoms with van der Waals surface area (Å²) in [5, 5.41) is 13.1. The molecule has 0 aliphatic rings. The number of nitro benzene ring substituents is 1. The van der Waals surface area contributed by atoms with Gasteiger partial charge in [-0.05, 0) is 25.1 Å². The van der Waals surface area contributed by atoms with Crippen molar-refractivity contribution >= 4 is 34.9 Å². The van der Waals surface area contributed by atoms with Gasteiger partial charge < -0.3 is 14.8 Å². The molecule has 26 heavy (non-hydrogen) atoms. The van der Waals surface area contributed by atoms with E-state index in [1.54, 1.807) is 25.1 Å². The van der Waals surface area contributed by atoms with E-state index >= 15 is 0 Å². The Morgan fingerprint density at radius 2 is 1.96 bits per heavy atom. The Kier molecular flexibility index (Phi) is 6.51. The standard InChI is InChI=1S/C17H15ClN2O6/c1-2-25-15-6-4-3-5-12(15)17(22)26-10-16(21)19-14-8-7-11(20(23)24)9-13(14)18/h3-9H,2,10H2,1H3,(H,19,21). The molecule has 2 aromatic carbocycles. The topological polar surface area (TPSA) is 108 Å². The largest absolute Gasteiger partial charge is 0.493 e. The van der Waals surface area contributed by atoms with Crippen LogP contribution < -0.4 is 10.1 Å². The van der Waals surface area contributed by atoms with Gasteiger partial charge in [0.25, 0.3) is 11.6 Å². The van der Waals surface area contributed by atoms with Crippen LogP contribution in [0, 0.1) is 10.1 Å². The van der Waals surface area contributed by atoms with Gasteiger partial charge in [-0.25, -0.2) is 4.79 Å². The van der Waals surface area contributed by atoms with Crippen LogP contribution >= 0.6 is 11.6 Å². The maximum absolute atomic E-state index is 12.1.